The molecule has 0 saturated heterocycles. The fourth-order valence-corrected chi connectivity index (χ4v) is 1.16. The molecule has 0 fully saturated rings. The summed E-state index contributed by atoms with van der Waals surface area (Å²) in [6.07, 6.45) is -1.84. The van der Waals surface area contributed by atoms with Gasteiger partial charge in [0.2, 0.25) is 0 Å². The van der Waals surface area contributed by atoms with Gasteiger partial charge in [-0.1, -0.05) is 6.07 Å². The van der Waals surface area contributed by atoms with Crippen LogP contribution >= 0.6 is 0 Å². The maximum Gasteiger partial charge on any atom is 0.358 e. The van der Waals surface area contributed by atoms with Crippen LogP contribution in [0.25, 0.3) is 0 Å². The molecule has 7 nitrogen and oxygen atoms in total. The summed E-state index contributed by atoms with van der Waals surface area (Å²) >= 11 is 0. The third-order valence-electron chi connectivity index (χ3n) is 2.10. The Morgan fingerprint density at radius 2 is 1.45 bits per heavy atom. The van der Waals surface area contributed by atoms with Gasteiger partial charge < -0.3 is 9.47 Å². The molecule has 20 heavy (non-hydrogen) atoms. The fourth-order valence-electron chi connectivity index (χ4n) is 1.16. The lowest BCUT2D eigenvalue weighted by molar-refractivity contribution is 0.0420. The highest BCUT2D eigenvalue weighted by atomic mass is 16.5. The summed E-state index contributed by atoms with van der Waals surface area (Å²) in [6, 6.07) is 7.59. The molecule has 1 heterocycles. The van der Waals surface area contributed by atoms with Crippen LogP contribution in [0.4, 0.5) is 0 Å². The van der Waals surface area contributed by atoms with E-state index in [-0.39, 0.29) is 11.4 Å². The van der Waals surface area contributed by atoms with Crippen molar-refractivity contribution in [3.05, 3.63) is 29.6 Å². The van der Waals surface area contributed by atoms with Crippen LogP contribution in [-0.2, 0) is 9.47 Å². The lowest BCUT2D eigenvalue weighted by atomic mass is 10.3. The van der Waals surface area contributed by atoms with Crippen molar-refractivity contribution in [1.29, 1.82) is 10.5 Å². The van der Waals surface area contributed by atoms with Crippen molar-refractivity contribution in [3.8, 4) is 12.1 Å². The number of nitrogens with zero attached hydrogens (tertiary/aromatic N) is 3. The Hall–Kier alpha value is -2.93. The van der Waals surface area contributed by atoms with E-state index in [1.165, 1.54) is 32.0 Å². The highest BCUT2D eigenvalue weighted by molar-refractivity contribution is 5.91. The van der Waals surface area contributed by atoms with Crippen LogP contribution in [0.2, 0.25) is 0 Å². The Labute approximate surface area is 115 Å². The summed E-state index contributed by atoms with van der Waals surface area (Å²) in [5, 5.41) is 17.1. The second-order valence-corrected chi connectivity index (χ2v) is 3.76. The Morgan fingerprint density at radius 3 is 1.80 bits per heavy atom. The monoisotopic (exact) mass is 273 g/mol. The van der Waals surface area contributed by atoms with E-state index in [2.05, 4.69) is 4.98 Å². The molecule has 102 valence electrons. The van der Waals surface area contributed by atoms with Crippen LogP contribution in [0.15, 0.2) is 18.2 Å². The molecule has 1 aromatic heterocycles. The lowest BCUT2D eigenvalue weighted by Crippen LogP contribution is -2.18. The van der Waals surface area contributed by atoms with E-state index in [0.717, 1.165) is 0 Å². The zero-order valence-electron chi connectivity index (χ0n) is 10.9. The molecule has 0 N–H and O–H groups in total. The van der Waals surface area contributed by atoms with Crippen LogP contribution in [0.1, 0.15) is 34.8 Å². The number of aromatic nitrogens is 1. The molecule has 0 amide bonds. The molecule has 0 aliphatic heterocycles. The number of rotatable bonds is 4. The van der Waals surface area contributed by atoms with Gasteiger partial charge in [0.05, 0.1) is 0 Å². The number of nitriles is 2. The number of ether oxygens (including phenoxy) is 2. The van der Waals surface area contributed by atoms with Crippen molar-refractivity contribution in [2.75, 3.05) is 0 Å². The van der Waals surface area contributed by atoms with Gasteiger partial charge in [0, 0.05) is 0 Å². The summed E-state index contributed by atoms with van der Waals surface area (Å²) < 4.78 is 9.51. The summed E-state index contributed by atoms with van der Waals surface area (Å²) in [6.45, 7) is 2.81. The average molecular weight is 273 g/mol. The number of hydrogen-bond donors (Lipinski definition) is 0. The van der Waals surface area contributed by atoms with E-state index in [4.69, 9.17) is 20.0 Å². The smallest absolute Gasteiger partial charge is 0.358 e. The van der Waals surface area contributed by atoms with Gasteiger partial charge in [-0.25, -0.2) is 14.6 Å². The third-order valence-corrected chi connectivity index (χ3v) is 2.10. The molecule has 0 bridgehead atoms. The number of pyridine rings is 1. The molecular weight excluding hydrogens is 262 g/mol. The molecule has 1 rings (SSSR count). The van der Waals surface area contributed by atoms with Crippen LogP contribution in [0, 0.1) is 22.7 Å². The fraction of sp³-hybridized carbons (Fsp3) is 0.308. The van der Waals surface area contributed by atoms with E-state index >= 15 is 0 Å². The van der Waals surface area contributed by atoms with Gasteiger partial charge in [-0.05, 0) is 26.0 Å². The van der Waals surface area contributed by atoms with Gasteiger partial charge in [0.1, 0.15) is 23.5 Å². The summed E-state index contributed by atoms with van der Waals surface area (Å²) in [7, 11) is 0. The average Bonchev–Trinajstić information content (AvgIpc) is 2.46. The van der Waals surface area contributed by atoms with Crippen LogP contribution in [0.3, 0.4) is 0 Å². The first kappa shape index (κ1) is 15.1. The Kier molecular flexibility index (Phi) is 5.19. The van der Waals surface area contributed by atoms with Crippen molar-refractivity contribution >= 4 is 11.9 Å². The molecule has 1 aromatic rings. The van der Waals surface area contributed by atoms with E-state index in [0.29, 0.717) is 0 Å². The number of esters is 2. The summed E-state index contributed by atoms with van der Waals surface area (Å²) in [5.41, 5.74) is -0.239. The summed E-state index contributed by atoms with van der Waals surface area (Å²) in [4.78, 5) is 27.0. The molecule has 0 spiro atoms. The van der Waals surface area contributed by atoms with E-state index in [9.17, 15) is 9.59 Å². The molecule has 0 aliphatic rings. The first-order valence-corrected chi connectivity index (χ1v) is 5.66. The number of carbonyl (C=O) groups is 2. The minimum atomic E-state index is -0.918. The third kappa shape index (κ3) is 4.07. The van der Waals surface area contributed by atoms with Crippen LogP contribution in [0.5, 0.6) is 0 Å². The second kappa shape index (κ2) is 6.86. The van der Waals surface area contributed by atoms with Gasteiger partial charge in [-0.2, -0.15) is 10.5 Å². The number of carbonyl (C=O) groups excluding carboxylic acids is 2. The van der Waals surface area contributed by atoms with Gasteiger partial charge in [-0.3, -0.25) is 0 Å². The molecule has 2 unspecified atom stereocenters. The molecule has 7 heteroatoms. The van der Waals surface area contributed by atoms with Crippen molar-refractivity contribution in [2.24, 2.45) is 0 Å². The first-order chi connectivity index (χ1) is 9.47. The van der Waals surface area contributed by atoms with Crippen LogP contribution < -0.4 is 0 Å². The quantitative estimate of drug-likeness (QED) is 0.757. The predicted octanol–water partition coefficient (Wildman–Crippen LogP) is 1.22. The molecule has 0 aliphatic carbocycles. The van der Waals surface area contributed by atoms with Crippen LogP contribution in [-0.4, -0.2) is 29.1 Å². The van der Waals surface area contributed by atoms with Gasteiger partial charge in [0.15, 0.2) is 12.2 Å². The Bertz CT molecular complexity index is 551. The van der Waals surface area contributed by atoms with Crippen molar-refractivity contribution < 1.29 is 19.1 Å². The van der Waals surface area contributed by atoms with Crippen molar-refractivity contribution in [3.63, 3.8) is 0 Å². The van der Waals surface area contributed by atoms with Gasteiger partial charge in [-0.15, -0.1) is 0 Å². The molecule has 0 radical (unpaired) electrons. The predicted molar refractivity (Wildman–Crippen MR) is 65.2 cm³/mol. The zero-order chi connectivity index (χ0) is 15.1. The minimum Gasteiger partial charge on any atom is -0.443 e. The van der Waals surface area contributed by atoms with E-state index < -0.39 is 24.1 Å². The highest BCUT2D eigenvalue weighted by Crippen LogP contribution is 2.06. The molecule has 0 aromatic carbocycles. The standard InChI is InChI=1S/C13H11N3O4/c1-8(6-14)19-12(17)10-4-3-5-11(16-10)13(18)20-9(2)7-15/h3-5,8-9H,1-2H3. The second-order valence-electron chi connectivity index (χ2n) is 3.76. The summed E-state index contributed by atoms with van der Waals surface area (Å²) in [5.74, 6) is -1.64. The SMILES string of the molecule is CC(C#N)OC(=O)c1cccc(C(=O)OC(C)C#N)n1. The van der Waals surface area contributed by atoms with Gasteiger partial charge in [0.25, 0.3) is 0 Å². The zero-order valence-corrected chi connectivity index (χ0v) is 10.9. The number of hydrogen-bond acceptors (Lipinski definition) is 7. The molecule has 2 atom stereocenters. The van der Waals surface area contributed by atoms with E-state index in [1.807, 2.05) is 0 Å². The topological polar surface area (TPSA) is 113 Å². The molecule has 0 saturated carbocycles. The normalized spacial score (nSPS) is 12.4. The maximum atomic E-state index is 11.6. The first-order valence-electron chi connectivity index (χ1n) is 5.66. The van der Waals surface area contributed by atoms with Gasteiger partial charge >= 0.3 is 11.9 Å². The maximum absolute atomic E-state index is 11.6. The van der Waals surface area contributed by atoms with Crippen molar-refractivity contribution in [1.82, 2.24) is 4.98 Å². The van der Waals surface area contributed by atoms with Crippen molar-refractivity contribution in [2.45, 2.75) is 26.1 Å². The Morgan fingerprint density at radius 1 is 1.05 bits per heavy atom. The minimum absolute atomic E-state index is 0.119. The lowest BCUT2D eigenvalue weighted by Gasteiger charge is -2.07. The highest BCUT2D eigenvalue weighted by Gasteiger charge is 2.17. The largest absolute Gasteiger partial charge is 0.443 e. The molecular formula is C13H11N3O4. The Balaban J connectivity index is 2.86. The van der Waals surface area contributed by atoms with E-state index in [1.54, 1.807) is 12.1 Å².